The van der Waals surface area contributed by atoms with Crippen molar-refractivity contribution in [3.05, 3.63) is 30.1 Å². The van der Waals surface area contributed by atoms with E-state index in [1.807, 2.05) is 19.1 Å². The van der Waals surface area contributed by atoms with Gasteiger partial charge in [-0.15, -0.1) is 11.8 Å². The van der Waals surface area contributed by atoms with Crippen molar-refractivity contribution in [2.75, 3.05) is 18.8 Å². The van der Waals surface area contributed by atoms with Crippen LogP contribution < -0.4 is 0 Å². The second kappa shape index (κ2) is 8.53. The molecule has 0 aliphatic rings. The predicted octanol–water partition coefficient (Wildman–Crippen LogP) is 1.64. The lowest BCUT2D eigenvalue weighted by Crippen LogP contribution is -2.34. The molecule has 1 N–H and O–H groups in total. The molecule has 0 aromatic carbocycles. The van der Waals surface area contributed by atoms with Gasteiger partial charge in [0, 0.05) is 31.2 Å². The van der Waals surface area contributed by atoms with Gasteiger partial charge in [-0.1, -0.05) is 6.07 Å². The molecule has 0 fully saturated rings. The van der Waals surface area contributed by atoms with E-state index in [0.717, 1.165) is 11.3 Å². The summed E-state index contributed by atoms with van der Waals surface area (Å²) in [6.07, 6.45) is 3.48. The monoisotopic (exact) mass is 282 g/mol. The molecule has 0 saturated heterocycles. The first-order valence-corrected chi connectivity index (χ1v) is 7.25. The summed E-state index contributed by atoms with van der Waals surface area (Å²) in [5.41, 5.74) is 1.08. The molecule has 104 valence electrons. The SMILES string of the molecule is CCN(CCC(=O)O)C(=O)CSCc1cccnc1. The zero-order valence-corrected chi connectivity index (χ0v) is 11.7. The maximum atomic E-state index is 11.9. The number of hydrogen-bond donors (Lipinski definition) is 1. The van der Waals surface area contributed by atoms with E-state index in [1.165, 1.54) is 11.8 Å². The van der Waals surface area contributed by atoms with Crippen molar-refractivity contribution < 1.29 is 14.7 Å². The van der Waals surface area contributed by atoms with Crippen LogP contribution in [0.2, 0.25) is 0 Å². The van der Waals surface area contributed by atoms with Crippen LogP contribution in [-0.2, 0) is 15.3 Å². The van der Waals surface area contributed by atoms with Crippen molar-refractivity contribution in [1.82, 2.24) is 9.88 Å². The fourth-order valence-corrected chi connectivity index (χ4v) is 2.39. The Hall–Kier alpha value is -1.56. The first-order valence-electron chi connectivity index (χ1n) is 6.09. The predicted molar refractivity (Wildman–Crippen MR) is 74.9 cm³/mol. The number of pyridine rings is 1. The lowest BCUT2D eigenvalue weighted by atomic mass is 10.3. The quantitative estimate of drug-likeness (QED) is 0.785. The second-order valence-corrected chi connectivity index (χ2v) is 4.96. The molecule has 0 aliphatic carbocycles. The third kappa shape index (κ3) is 6.24. The minimum absolute atomic E-state index is 0.00709. The molecule has 0 spiro atoms. The van der Waals surface area contributed by atoms with Gasteiger partial charge in [0.15, 0.2) is 0 Å². The zero-order chi connectivity index (χ0) is 14.1. The number of aromatic nitrogens is 1. The molecular formula is C13H18N2O3S. The fraction of sp³-hybridized carbons (Fsp3) is 0.462. The van der Waals surface area contributed by atoms with E-state index in [4.69, 9.17) is 5.11 Å². The number of carbonyl (C=O) groups is 2. The van der Waals surface area contributed by atoms with Crippen LogP contribution >= 0.6 is 11.8 Å². The van der Waals surface area contributed by atoms with E-state index < -0.39 is 5.97 Å². The van der Waals surface area contributed by atoms with Crippen molar-refractivity contribution in [3.63, 3.8) is 0 Å². The van der Waals surface area contributed by atoms with E-state index in [0.29, 0.717) is 12.3 Å². The lowest BCUT2D eigenvalue weighted by Gasteiger charge is -2.19. The summed E-state index contributed by atoms with van der Waals surface area (Å²) in [4.78, 5) is 27.9. The van der Waals surface area contributed by atoms with Crippen LogP contribution in [0.25, 0.3) is 0 Å². The summed E-state index contributed by atoms with van der Waals surface area (Å²) in [6, 6.07) is 3.83. The average molecular weight is 282 g/mol. The molecule has 0 radical (unpaired) electrons. The number of nitrogens with zero attached hydrogens (tertiary/aromatic N) is 2. The topological polar surface area (TPSA) is 70.5 Å². The highest BCUT2D eigenvalue weighted by atomic mass is 32.2. The molecule has 1 heterocycles. The van der Waals surface area contributed by atoms with Crippen molar-refractivity contribution in [2.45, 2.75) is 19.1 Å². The van der Waals surface area contributed by atoms with E-state index >= 15 is 0 Å². The first kappa shape index (κ1) is 15.5. The van der Waals surface area contributed by atoms with E-state index in [-0.39, 0.29) is 18.9 Å². The van der Waals surface area contributed by atoms with Crippen LogP contribution in [0.4, 0.5) is 0 Å². The van der Waals surface area contributed by atoms with Gasteiger partial charge in [-0.3, -0.25) is 14.6 Å². The standard InChI is InChI=1S/C13H18N2O3S/c1-2-15(7-5-13(17)18)12(16)10-19-9-11-4-3-6-14-8-11/h3-4,6,8H,2,5,7,9-10H2,1H3,(H,17,18). The first-order chi connectivity index (χ1) is 9.13. The number of aliphatic carboxylic acids is 1. The maximum absolute atomic E-state index is 11.9. The molecule has 1 rings (SSSR count). The largest absolute Gasteiger partial charge is 0.481 e. The number of hydrogen-bond acceptors (Lipinski definition) is 4. The Morgan fingerprint density at radius 1 is 1.47 bits per heavy atom. The Morgan fingerprint density at radius 2 is 2.26 bits per heavy atom. The molecule has 0 atom stereocenters. The highest BCUT2D eigenvalue weighted by Gasteiger charge is 2.12. The third-order valence-electron chi connectivity index (χ3n) is 2.55. The third-order valence-corrected chi connectivity index (χ3v) is 3.54. The number of carboxylic acid groups (broad SMARTS) is 1. The van der Waals surface area contributed by atoms with E-state index in [2.05, 4.69) is 4.98 Å². The van der Waals surface area contributed by atoms with Gasteiger partial charge < -0.3 is 10.0 Å². The molecule has 0 bridgehead atoms. The van der Waals surface area contributed by atoms with Crippen LogP contribution in [-0.4, -0.2) is 45.7 Å². The van der Waals surface area contributed by atoms with Crippen LogP contribution in [0, 0.1) is 0 Å². The fourth-order valence-electron chi connectivity index (χ4n) is 1.52. The van der Waals surface area contributed by atoms with E-state index in [1.54, 1.807) is 17.3 Å². The summed E-state index contributed by atoms with van der Waals surface area (Å²) in [6.45, 7) is 2.67. The Morgan fingerprint density at radius 3 is 2.84 bits per heavy atom. The number of carbonyl (C=O) groups excluding carboxylic acids is 1. The highest BCUT2D eigenvalue weighted by molar-refractivity contribution is 7.99. The summed E-state index contributed by atoms with van der Waals surface area (Å²) >= 11 is 1.51. The molecule has 19 heavy (non-hydrogen) atoms. The van der Waals surface area contributed by atoms with Gasteiger partial charge in [0.05, 0.1) is 12.2 Å². The lowest BCUT2D eigenvalue weighted by molar-refractivity contribution is -0.138. The zero-order valence-electron chi connectivity index (χ0n) is 10.9. The number of amides is 1. The molecule has 5 nitrogen and oxygen atoms in total. The van der Waals surface area contributed by atoms with Gasteiger partial charge in [-0.05, 0) is 18.6 Å². The Kier molecular flexibility index (Phi) is 6.95. The van der Waals surface area contributed by atoms with E-state index in [9.17, 15) is 9.59 Å². The summed E-state index contributed by atoms with van der Waals surface area (Å²) < 4.78 is 0. The van der Waals surface area contributed by atoms with Gasteiger partial charge in [-0.25, -0.2) is 0 Å². The number of thioether (sulfide) groups is 1. The molecular weight excluding hydrogens is 264 g/mol. The molecule has 1 aromatic heterocycles. The van der Waals surface area contributed by atoms with Gasteiger partial charge in [0.2, 0.25) is 5.91 Å². The minimum Gasteiger partial charge on any atom is -0.481 e. The molecule has 1 amide bonds. The van der Waals surface area contributed by atoms with Crippen molar-refractivity contribution in [2.24, 2.45) is 0 Å². The smallest absolute Gasteiger partial charge is 0.305 e. The maximum Gasteiger partial charge on any atom is 0.305 e. The van der Waals surface area contributed by atoms with Gasteiger partial charge >= 0.3 is 5.97 Å². The molecule has 0 aliphatic heterocycles. The average Bonchev–Trinajstić information content (AvgIpc) is 2.40. The van der Waals surface area contributed by atoms with Crippen LogP contribution in [0.5, 0.6) is 0 Å². The summed E-state index contributed by atoms with van der Waals surface area (Å²) in [7, 11) is 0. The van der Waals surface area contributed by atoms with Gasteiger partial charge in [0.1, 0.15) is 0 Å². The summed E-state index contributed by atoms with van der Waals surface area (Å²) in [5, 5.41) is 8.61. The van der Waals surface area contributed by atoms with Crippen molar-refractivity contribution in [1.29, 1.82) is 0 Å². The number of rotatable bonds is 8. The Balaban J connectivity index is 2.30. The van der Waals surface area contributed by atoms with Gasteiger partial charge in [0.25, 0.3) is 0 Å². The second-order valence-electron chi connectivity index (χ2n) is 3.97. The van der Waals surface area contributed by atoms with Crippen LogP contribution in [0.3, 0.4) is 0 Å². The molecule has 6 heteroatoms. The van der Waals surface area contributed by atoms with Crippen LogP contribution in [0.1, 0.15) is 18.9 Å². The minimum atomic E-state index is -0.880. The highest BCUT2D eigenvalue weighted by Crippen LogP contribution is 2.11. The molecule has 1 aromatic rings. The normalized spacial score (nSPS) is 10.2. The molecule has 0 unspecified atom stereocenters. The Bertz CT molecular complexity index is 412. The van der Waals surface area contributed by atoms with Crippen molar-refractivity contribution in [3.8, 4) is 0 Å². The Labute approximate surface area is 117 Å². The molecule has 0 saturated carbocycles. The van der Waals surface area contributed by atoms with Crippen molar-refractivity contribution >= 4 is 23.6 Å². The van der Waals surface area contributed by atoms with Gasteiger partial charge in [-0.2, -0.15) is 0 Å². The van der Waals surface area contributed by atoms with Crippen LogP contribution in [0.15, 0.2) is 24.5 Å². The summed E-state index contributed by atoms with van der Waals surface area (Å²) in [5.74, 6) is 0.199. The number of carboxylic acids is 1.